The largest absolute Gasteiger partial charge is 0.346 e. The molecule has 2 aromatic rings. The van der Waals surface area contributed by atoms with E-state index in [1.807, 2.05) is 31.2 Å². The van der Waals surface area contributed by atoms with Gasteiger partial charge < -0.3 is 10.6 Å². The molecule has 2 N–H and O–H groups in total. The van der Waals surface area contributed by atoms with Gasteiger partial charge in [-0.05, 0) is 73.9 Å². The molecular weight excluding hydrogens is 450 g/mol. The molecule has 0 bridgehead atoms. The van der Waals surface area contributed by atoms with Crippen LogP contribution in [-0.2, 0) is 14.8 Å². The number of nitrogens with one attached hydrogen (secondary N) is 2. The molecule has 1 saturated heterocycles. The van der Waals surface area contributed by atoms with Crippen molar-refractivity contribution in [1.82, 2.24) is 9.62 Å². The Morgan fingerprint density at radius 3 is 2.26 bits per heavy atom. The maximum Gasteiger partial charge on any atom is 0.251 e. The van der Waals surface area contributed by atoms with E-state index in [1.165, 1.54) is 10.4 Å². The lowest BCUT2D eigenvalue weighted by Crippen LogP contribution is -2.42. The third-order valence-corrected chi connectivity index (χ3v) is 8.37. The number of carbonyl (C=O) groups excluding carboxylic acids is 2. The van der Waals surface area contributed by atoms with Crippen molar-refractivity contribution >= 4 is 27.5 Å². The molecule has 1 aliphatic heterocycles. The molecule has 3 atom stereocenters. The minimum Gasteiger partial charge on any atom is -0.346 e. The molecular formula is C26H33N3O4S. The summed E-state index contributed by atoms with van der Waals surface area (Å²) in [5, 5.41) is 5.84. The second-order valence-corrected chi connectivity index (χ2v) is 11.8. The van der Waals surface area contributed by atoms with Crippen molar-refractivity contribution in [1.29, 1.82) is 0 Å². The Bertz CT molecular complexity index is 1150. The molecule has 2 fully saturated rings. The van der Waals surface area contributed by atoms with Crippen LogP contribution < -0.4 is 10.6 Å². The van der Waals surface area contributed by atoms with Crippen LogP contribution in [0.5, 0.6) is 0 Å². The van der Waals surface area contributed by atoms with Crippen LogP contribution in [0.1, 0.15) is 62.0 Å². The highest BCUT2D eigenvalue weighted by Crippen LogP contribution is 2.30. The predicted molar refractivity (Wildman–Crippen MR) is 132 cm³/mol. The van der Waals surface area contributed by atoms with E-state index in [0.29, 0.717) is 30.5 Å². The van der Waals surface area contributed by atoms with E-state index in [4.69, 9.17) is 0 Å². The number of rotatable bonds is 7. The highest BCUT2D eigenvalue weighted by atomic mass is 32.2. The number of benzene rings is 2. The van der Waals surface area contributed by atoms with Crippen LogP contribution in [0.3, 0.4) is 0 Å². The lowest BCUT2D eigenvalue weighted by atomic mass is 9.94. The quantitative estimate of drug-likeness (QED) is 0.617. The fourth-order valence-electron chi connectivity index (χ4n) is 4.56. The van der Waals surface area contributed by atoms with Crippen molar-refractivity contribution in [3.8, 4) is 0 Å². The number of nitrogens with zero attached hydrogens (tertiary/aromatic N) is 1. The van der Waals surface area contributed by atoms with Gasteiger partial charge in [0.05, 0.1) is 10.9 Å². The third kappa shape index (κ3) is 5.67. The van der Waals surface area contributed by atoms with Gasteiger partial charge in [0.25, 0.3) is 5.91 Å². The summed E-state index contributed by atoms with van der Waals surface area (Å²) in [6.45, 7) is 7.00. The van der Waals surface area contributed by atoms with E-state index < -0.39 is 10.0 Å². The molecule has 2 aliphatic rings. The Balaban J connectivity index is 1.42. The van der Waals surface area contributed by atoms with Crippen molar-refractivity contribution in [3.05, 3.63) is 59.7 Å². The second kappa shape index (κ2) is 9.88. The van der Waals surface area contributed by atoms with E-state index in [1.54, 1.807) is 18.2 Å². The molecule has 8 heteroatoms. The Morgan fingerprint density at radius 2 is 1.65 bits per heavy atom. The molecule has 34 heavy (non-hydrogen) atoms. The fourth-order valence-corrected chi connectivity index (χ4v) is 6.28. The van der Waals surface area contributed by atoms with Crippen LogP contribution >= 0.6 is 0 Å². The summed E-state index contributed by atoms with van der Waals surface area (Å²) >= 11 is 0. The standard InChI is InChI=1S/C26H33N3O4S/c1-17-13-18(2)16-29(15-17)34(32,33)24-6-4-5-22(14-24)26(31)27-19(3)20-9-11-23(12-10-20)28-25(30)21-7-8-21/h4-6,9-12,14,17-19,21H,7-8,13,15-16H2,1-3H3,(H,27,31)(H,28,30). The van der Waals surface area contributed by atoms with Crippen molar-refractivity contribution in [2.75, 3.05) is 18.4 Å². The van der Waals surface area contributed by atoms with E-state index in [0.717, 1.165) is 30.5 Å². The van der Waals surface area contributed by atoms with Gasteiger partial charge in [0.1, 0.15) is 0 Å². The Kier molecular flexibility index (Phi) is 7.09. The summed E-state index contributed by atoms with van der Waals surface area (Å²) in [4.78, 5) is 25.0. The van der Waals surface area contributed by atoms with Crippen molar-refractivity contribution in [2.24, 2.45) is 17.8 Å². The average Bonchev–Trinajstić information content (AvgIpc) is 3.64. The number of piperidine rings is 1. The minimum atomic E-state index is -3.66. The first-order valence-electron chi connectivity index (χ1n) is 12.0. The molecule has 2 amide bonds. The fraction of sp³-hybridized carbons (Fsp3) is 0.462. The maximum absolute atomic E-state index is 13.2. The molecule has 1 heterocycles. The monoisotopic (exact) mass is 483 g/mol. The number of amides is 2. The molecule has 0 aromatic heterocycles. The summed E-state index contributed by atoms with van der Waals surface area (Å²) in [5.74, 6) is 0.464. The first-order chi connectivity index (χ1) is 16.1. The van der Waals surface area contributed by atoms with Gasteiger partial charge in [-0.3, -0.25) is 9.59 Å². The number of hydrogen-bond donors (Lipinski definition) is 2. The first kappa shape index (κ1) is 24.4. The number of sulfonamides is 1. The molecule has 0 radical (unpaired) electrons. The SMILES string of the molecule is CC1CC(C)CN(S(=O)(=O)c2cccc(C(=O)NC(C)c3ccc(NC(=O)C4CC4)cc3)c2)C1. The molecule has 4 rings (SSSR count). The smallest absolute Gasteiger partial charge is 0.251 e. The van der Waals surface area contributed by atoms with E-state index >= 15 is 0 Å². The molecule has 0 spiro atoms. The molecule has 182 valence electrons. The van der Waals surface area contributed by atoms with E-state index in [9.17, 15) is 18.0 Å². The zero-order valence-corrected chi connectivity index (χ0v) is 20.8. The average molecular weight is 484 g/mol. The van der Waals surface area contributed by atoms with Gasteiger partial charge in [0, 0.05) is 30.3 Å². The van der Waals surface area contributed by atoms with Crippen molar-refractivity contribution in [3.63, 3.8) is 0 Å². The highest BCUT2D eigenvalue weighted by molar-refractivity contribution is 7.89. The van der Waals surface area contributed by atoms with Crippen LogP contribution in [0.15, 0.2) is 53.4 Å². The zero-order valence-electron chi connectivity index (χ0n) is 20.0. The van der Waals surface area contributed by atoms with Crippen LogP contribution in [0, 0.1) is 17.8 Å². The molecule has 3 unspecified atom stereocenters. The normalized spacial score (nSPS) is 22.1. The van der Waals surface area contributed by atoms with Gasteiger partial charge in [-0.15, -0.1) is 0 Å². The molecule has 1 aliphatic carbocycles. The minimum absolute atomic E-state index is 0.0532. The van der Waals surface area contributed by atoms with Crippen molar-refractivity contribution in [2.45, 2.75) is 51.0 Å². The Labute approximate surface area is 202 Å². The summed E-state index contributed by atoms with van der Waals surface area (Å²) in [6, 6.07) is 13.3. The lowest BCUT2D eigenvalue weighted by Gasteiger charge is -2.34. The number of hydrogen-bond acceptors (Lipinski definition) is 4. The Morgan fingerprint density at radius 1 is 1.00 bits per heavy atom. The topological polar surface area (TPSA) is 95.6 Å². The first-order valence-corrected chi connectivity index (χ1v) is 13.4. The van der Waals surface area contributed by atoms with Crippen LogP contribution in [0.2, 0.25) is 0 Å². The zero-order chi connectivity index (χ0) is 24.5. The van der Waals surface area contributed by atoms with Gasteiger partial charge in [0.15, 0.2) is 0 Å². The maximum atomic E-state index is 13.2. The summed E-state index contributed by atoms with van der Waals surface area (Å²) < 4.78 is 28.0. The van der Waals surface area contributed by atoms with Gasteiger partial charge >= 0.3 is 0 Å². The molecule has 7 nitrogen and oxygen atoms in total. The predicted octanol–water partition coefficient (Wildman–Crippen LogP) is 4.19. The van der Waals surface area contributed by atoms with Gasteiger partial charge in [-0.25, -0.2) is 8.42 Å². The summed E-state index contributed by atoms with van der Waals surface area (Å²) in [7, 11) is -3.66. The summed E-state index contributed by atoms with van der Waals surface area (Å²) in [6.07, 6.45) is 2.91. The van der Waals surface area contributed by atoms with Gasteiger partial charge in [0.2, 0.25) is 15.9 Å². The van der Waals surface area contributed by atoms with Crippen LogP contribution in [-0.4, -0.2) is 37.6 Å². The van der Waals surface area contributed by atoms with Crippen LogP contribution in [0.25, 0.3) is 0 Å². The third-order valence-electron chi connectivity index (χ3n) is 6.54. The number of anilines is 1. The Hall–Kier alpha value is -2.71. The number of carbonyl (C=O) groups is 2. The van der Waals surface area contributed by atoms with Gasteiger partial charge in [-0.1, -0.05) is 32.0 Å². The van der Waals surface area contributed by atoms with E-state index in [-0.39, 0.29) is 28.7 Å². The molecule has 1 saturated carbocycles. The molecule has 2 aromatic carbocycles. The second-order valence-electron chi connectivity index (χ2n) is 9.88. The van der Waals surface area contributed by atoms with Crippen molar-refractivity contribution < 1.29 is 18.0 Å². The summed E-state index contributed by atoms with van der Waals surface area (Å²) in [5.41, 5.74) is 1.93. The van der Waals surface area contributed by atoms with Crippen LogP contribution in [0.4, 0.5) is 5.69 Å². The lowest BCUT2D eigenvalue weighted by molar-refractivity contribution is -0.117. The highest BCUT2D eigenvalue weighted by Gasteiger charge is 2.32. The van der Waals surface area contributed by atoms with E-state index in [2.05, 4.69) is 24.5 Å². The van der Waals surface area contributed by atoms with Gasteiger partial charge in [-0.2, -0.15) is 4.31 Å².